The summed E-state index contributed by atoms with van der Waals surface area (Å²) in [5.74, 6) is 1.40. The number of aromatic nitrogens is 1. The van der Waals surface area contributed by atoms with Gasteiger partial charge in [-0.25, -0.2) is 13.4 Å². The predicted octanol–water partition coefficient (Wildman–Crippen LogP) is 3.38. The zero-order valence-corrected chi connectivity index (χ0v) is 18.1. The number of rotatable bonds is 5. The Bertz CT molecular complexity index is 944. The second kappa shape index (κ2) is 8.08. The summed E-state index contributed by atoms with van der Waals surface area (Å²) in [5, 5.41) is 0.190. The molecular formula is C19H25N3O4S2. The van der Waals surface area contributed by atoms with Crippen LogP contribution in [0.15, 0.2) is 29.2 Å². The third-order valence-electron chi connectivity index (χ3n) is 4.74. The van der Waals surface area contributed by atoms with Crippen molar-refractivity contribution in [2.45, 2.75) is 32.1 Å². The number of carbonyl (C=O) groups is 1. The lowest BCUT2D eigenvalue weighted by Gasteiger charge is -2.34. The number of anilines is 1. The largest absolute Gasteiger partial charge is 0.497 e. The summed E-state index contributed by atoms with van der Waals surface area (Å²) in [5.41, 5.74) is 0.535. The van der Waals surface area contributed by atoms with Gasteiger partial charge in [-0.2, -0.15) is 0 Å². The van der Waals surface area contributed by atoms with Crippen LogP contribution in [0.2, 0.25) is 0 Å². The van der Waals surface area contributed by atoms with Crippen molar-refractivity contribution >= 4 is 32.4 Å². The number of ether oxygens (including phenoxy) is 1. The number of hydrogen-bond acceptors (Lipinski definition) is 6. The average Bonchev–Trinajstić information content (AvgIpc) is 2.99. The molecule has 1 fully saturated rings. The Morgan fingerprint density at radius 3 is 2.39 bits per heavy atom. The Morgan fingerprint density at radius 2 is 1.82 bits per heavy atom. The number of thiazole rings is 1. The van der Waals surface area contributed by atoms with Crippen molar-refractivity contribution in [1.29, 1.82) is 0 Å². The van der Waals surface area contributed by atoms with Crippen molar-refractivity contribution in [1.82, 2.24) is 9.88 Å². The van der Waals surface area contributed by atoms with E-state index in [-0.39, 0.29) is 15.9 Å². The molecule has 2 unspecified atom stereocenters. The first-order chi connectivity index (χ1) is 13.2. The number of nitrogens with one attached hydrogen (secondary N) is 1. The summed E-state index contributed by atoms with van der Waals surface area (Å²) in [7, 11) is -2.28. The van der Waals surface area contributed by atoms with Gasteiger partial charge in [0.25, 0.3) is 15.9 Å². The van der Waals surface area contributed by atoms with Gasteiger partial charge in [0.15, 0.2) is 5.13 Å². The van der Waals surface area contributed by atoms with E-state index in [1.807, 2.05) is 4.90 Å². The smallest absolute Gasteiger partial charge is 0.265 e. The molecule has 2 heterocycles. The molecule has 0 radical (unpaired) electrons. The maximum atomic E-state index is 12.9. The normalized spacial score (nSPS) is 20.1. The number of likely N-dealkylation sites (tertiary alicyclic amines) is 1. The van der Waals surface area contributed by atoms with E-state index >= 15 is 0 Å². The Balaban J connectivity index is 1.78. The molecule has 2 atom stereocenters. The fourth-order valence-corrected chi connectivity index (χ4v) is 5.71. The Kier molecular flexibility index (Phi) is 5.95. The van der Waals surface area contributed by atoms with Crippen LogP contribution in [0.1, 0.15) is 35.6 Å². The molecule has 152 valence electrons. The molecule has 2 aromatic rings. The van der Waals surface area contributed by atoms with Crippen LogP contribution in [0.3, 0.4) is 0 Å². The molecule has 1 saturated heterocycles. The lowest BCUT2D eigenvalue weighted by atomic mass is 9.92. The summed E-state index contributed by atoms with van der Waals surface area (Å²) >= 11 is 1.08. The van der Waals surface area contributed by atoms with E-state index in [1.54, 1.807) is 19.1 Å². The number of hydrogen-bond donors (Lipinski definition) is 1. The van der Waals surface area contributed by atoms with Gasteiger partial charge in [0.05, 0.1) is 17.7 Å². The molecular weight excluding hydrogens is 398 g/mol. The van der Waals surface area contributed by atoms with Gasteiger partial charge in [0.1, 0.15) is 10.6 Å². The van der Waals surface area contributed by atoms with Crippen LogP contribution in [0.25, 0.3) is 0 Å². The first-order valence-corrected chi connectivity index (χ1v) is 11.4. The Morgan fingerprint density at radius 1 is 1.21 bits per heavy atom. The van der Waals surface area contributed by atoms with Crippen LogP contribution in [0.4, 0.5) is 5.13 Å². The molecule has 1 aliphatic heterocycles. The van der Waals surface area contributed by atoms with E-state index in [0.717, 1.165) is 17.8 Å². The Labute approximate surface area is 169 Å². The van der Waals surface area contributed by atoms with Crippen molar-refractivity contribution in [2.75, 3.05) is 24.9 Å². The molecule has 0 aliphatic carbocycles. The van der Waals surface area contributed by atoms with Crippen LogP contribution < -0.4 is 9.46 Å². The summed E-state index contributed by atoms with van der Waals surface area (Å²) in [4.78, 5) is 19.6. The zero-order valence-electron chi connectivity index (χ0n) is 16.4. The van der Waals surface area contributed by atoms with Crippen molar-refractivity contribution in [2.24, 2.45) is 11.8 Å². The molecule has 1 aromatic carbocycles. The number of methoxy groups -OCH3 is 1. The third-order valence-corrected chi connectivity index (χ3v) is 7.28. The first-order valence-electron chi connectivity index (χ1n) is 9.13. The van der Waals surface area contributed by atoms with Gasteiger partial charge in [-0.1, -0.05) is 25.2 Å². The van der Waals surface area contributed by atoms with Gasteiger partial charge in [-0.05, 0) is 49.4 Å². The highest BCUT2D eigenvalue weighted by Gasteiger charge is 2.29. The van der Waals surface area contributed by atoms with E-state index in [2.05, 4.69) is 23.6 Å². The maximum Gasteiger partial charge on any atom is 0.265 e. The predicted molar refractivity (Wildman–Crippen MR) is 110 cm³/mol. The summed E-state index contributed by atoms with van der Waals surface area (Å²) in [6.07, 6.45) is 1.11. The van der Waals surface area contributed by atoms with E-state index in [1.165, 1.54) is 19.2 Å². The van der Waals surface area contributed by atoms with Gasteiger partial charge < -0.3 is 9.64 Å². The molecule has 3 rings (SSSR count). The summed E-state index contributed by atoms with van der Waals surface area (Å²) in [6.45, 7) is 7.44. The molecule has 1 N–H and O–H groups in total. The standard InChI is InChI=1S/C19H25N3O4S2/c1-12-9-13(2)11-22(10-12)18(23)17-14(3)20-19(27-17)21-28(24,25)16-7-5-15(26-4)6-8-16/h5-8,12-13H,9-11H2,1-4H3,(H,20,21). The maximum absolute atomic E-state index is 12.9. The molecule has 28 heavy (non-hydrogen) atoms. The molecule has 7 nitrogen and oxygen atoms in total. The number of sulfonamides is 1. The molecule has 9 heteroatoms. The van der Waals surface area contributed by atoms with Crippen molar-refractivity contribution in [3.05, 3.63) is 34.8 Å². The molecule has 1 amide bonds. The lowest BCUT2D eigenvalue weighted by Crippen LogP contribution is -2.42. The van der Waals surface area contributed by atoms with Crippen LogP contribution in [0, 0.1) is 18.8 Å². The third kappa shape index (κ3) is 4.47. The van der Waals surface area contributed by atoms with Crippen LogP contribution in [-0.2, 0) is 10.0 Å². The second-order valence-corrected chi connectivity index (χ2v) is 10.1. The average molecular weight is 424 g/mol. The van der Waals surface area contributed by atoms with E-state index in [0.29, 0.717) is 41.2 Å². The fourth-order valence-electron chi connectivity index (χ4n) is 3.54. The number of aryl methyl sites for hydroxylation is 1. The van der Waals surface area contributed by atoms with Gasteiger partial charge in [0, 0.05) is 13.1 Å². The topological polar surface area (TPSA) is 88.6 Å². The number of benzene rings is 1. The van der Waals surface area contributed by atoms with E-state index in [9.17, 15) is 13.2 Å². The van der Waals surface area contributed by atoms with Gasteiger partial charge >= 0.3 is 0 Å². The van der Waals surface area contributed by atoms with Crippen molar-refractivity contribution < 1.29 is 17.9 Å². The number of nitrogens with zero attached hydrogens (tertiary/aromatic N) is 2. The Hall–Kier alpha value is -2.13. The van der Waals surface area contributed by atoms with Crippen LogP contribution in [0.5, 0.6) is 5.75 Å². The second-order valence-electron chi connectivity index (χ2n) is 7.37. The number of piperidine rings is 1. The quantitative estimate of drug-likeness (QED) is 0.796. The molecule has 0 spiro atoms. The monoisotopic (exact) mass is 423 g/mol. The van der Waals surface area contributed by atoms with Crippen molar-refractivity contribution in [3.8, 4) is 5.75 Å². The minimum absolute atomic E-state index is 0.0803. The van der Waals surface area contributed by atoms with Gasteiger partial charge in [-0.15, -0.1) is 0 Å². The van der Waals surface area contributed by atoms with E-state index < -0.39 is 10.0 Å². The van der Waals surface area contributed by atoms with Gasteiger partial charge in [-0.3, -0.25) is 9.52 Å². The van der Waals surface area contributed by atoms with E-state index in [4.69, 9.17) is 4.74 Å². The SMILES string of the molecule is COc1ccc(S(=O)(=O)Nc2nc(C)c(C(=O)N3CC(C)CC(C)C3)s2)cc1. The fraction of sp³-hybridized carbons (Fsp3) is 0.474. The molecule has 0 bridgehead atoms. The highest BCUT2D eigenvalue weighted by atomic mass is 32.2. The number of carbonyl (C=O) groups excluding carboxylic acids is 1. The molecule has 0 saturated carbocycles. The highest BCUT2D eigenvalue weighted by Crippen LogP contribution is 2.29. The van der Waals surface area contributed by atoms with Crippen LogP contribution >= 0.6 is 11.3 Å². The summed E-state index contributed by atoms with van der Waals surface area (Å²) < 4.78 is 32.7. The minimum Gasteiger partial charge on any atom is -0.497 e. The lowest BCUT2D eigenvalue weighted by molar-refractivity contribution is 0.0627. The molecule has 1 aliphatic rings. The number of amides is 1. The van der Waals surface area contributed by atoms with Gasteiger partial charge in [0.2, 0.25) is 0 Å². The first kappa shape index (κ1) is 20.6. The minimum atomic E-state index is -3.79. The van der Waals surface area contributed by atoms with Crippen molar-refractivity contribution in [3.63, 3.8) is 0 Å². The molecule has 1 aromatic heterocycles. The summed E-state index contributed by atoms with van der Waals surface area (Å²) in [6, 6.07) is 6.08. The van der Waals surface area contributed by atoms with Crippen LogP contribution in [-0.4, -0.2) is 44.4 Å². The zero-order chi connectivity index (χ0) is 20.5. The highest BCUT2D eigenvalue weighted by molar-refractivity contribution is 7.93.